The minimum Gasteiger partial charge on any atom is -0.481 e. The topological polar surface area (TPSA) is 44.8 Å². The van der Waals surface area contributed by atoms with Gasteiger partial charge < -0.3 is 15.0 Å². The number of ether oxygens (including phenoxy) is 1. The molecule has 1 aliphatic heterocycles. The first-order chi connectivity index (χ1) is 16.9. The second-order valence-electron chi connectivity index (χ2n) is 9.74. The molecule has 1 aliphatic rings. The number of nitrogens with one attached hydrogen (secondary N) is 1. The van der Waals surface area contributed by atoms with E-state index in [1.54, 1.807) is 0 Å². The maximum Gasteiger partial charge on any atom is 0.260 e. The fourth-order valence-corrected chi connectivity index (χ4v) is 4.76. The van der Waals surface area contributed by atoms with Gasteiger partial charge in [-0.25, -0.2) is 0 Å². The molecule has 2 atom stereocenters. The molecule has 1 N–H and O–H groups in total. The van der Waals surface area contributed by atoms with Crippen molar-refractivity contribution in [3.63, 3.8) is 0 Å². The Labute approximate surface area is 209 Å². The Morgan fingerprint density at radius 2 is 1.89 bits per heavy atom. The number of aryl methyl sites for hydroxylation is 1. The molecule has 3 aromatic carbocycles. The summed E-state index contributed by atoms with van der Waals surface area (Å²) >= 11 is 0. The lowest BCUT2D eigenvalue weighted by atomic mass is 9.87. The summed E-state index contributed by atoms with van der Waals surface area (Å²) in [5.74, 6) is 0.641. The number of benzene rings is 3. The zero-order valence-corrected chi connectivity index (χ0v) is 21.3. The maximum atomic E-state index is 12.5. The van der Waals surface area contributed by atoms with Crippen molar-refractivity contribution >= 4 is 5.91 Å². The molecule has 5 nitrogen and oxygen atoms in total. The predicted octanol–water partition coefficient (Wildman–Crippen LogP) is 4.59. The molecule has 0 saturated heterocycles. The van der Waals surface area contributed by atoms with E-state index in [0.29, 0.717) is 6.54 Å². The van der Waals surface area contributed by atoms with E-state index in [1.807, 2.05) is 32.0 Å². The van der Waals surface area contributed by atoms with E-state index in [0.717, 1.165) is 31.8 Å². The summed E-state index contributed by atoms with van der Waals surface area (Å²) in [6.07, 6.45) is 0.433. The Morgan fingerprint density at radius 1 is 1.09 bits per heavy atom. The van der Waals surface area contributed by atoms with Crippen LogP contribution in [0.2, 0.25) is 0 Å². The number of carbonyl (C=O) groups is 1. The molecule has 3 aromatic rings. The highest BCUT2D eigenvalue weighted by Crippen LogP contribution is 2.38. The van der Waals surface area contributed by atoms with Gasteiger partial charge in [-0.1, -0.05) is 66.2 Å². The summed E-state index contributed by atoms with van der Waals surface area (Å²) in [5.41, 5.74) is 6.48. The number of hydrogen-bond acceptors (Lipinski definition) is 4. The molecule has 184 valence electrons. The molecular weight excluding hydrogens is 434 g/mol. The molecule has 1 amide bonds. The summed E-state index contributed by atoms with van der Waals surface area (Å²) in [4.78, 5) is 17.1. The molecule has 0 unspecified atom stereocenters. The van der Waals surface area contributed by atoms with Crippen molar-refractivity contribution in [2.75, 3.05) is 33.7 Å². The average molecular weight is 472 g/mol. The lowest BCUT2D eigenvalue weighted by Crippen LogP contribution is -2.39. The quantitative estimate of drug-likeness (QED) is 0.496. The van der Waals surface area contributed by atoms with Crippen molar-refractivity contribution in [1.82, 2.24) is 15.1 Å². The summed E-state index contributed by atoms with van der Waals surface area (Å²) in [6.45, 7) is 7.23. The van der Waals surface area contributed by atoms with Gasteiger partial charge in [-0.3, -0.25) is 9.69 Å². The van der Waals surface area contributed by atoms with Crippen LogP contribution in [-0.4, -0.2) is 55.5 Å². The van der Waals surface area contributed by atoms with Crippen molar-refractivity contribution in [2.45, 2.75) is 39.0 Å². The molecule has 35 heavy (non-hydrogen) atoms. The highest BCUT2D eigenvalue weighted by molar-refractivity contribution is 5.80. The Balaban J connectivity index is 1.57. The van der Waals surface area contributed by atoms with E-state index >= 15 is 0 Å². The van der Waals surface area contributed by atoms with Crippen LogP contribution in [0.3, 0.4) is 0 Å². The van der Waals surface area contributed by atoms with Gasteiger partial charge in [0.05, 0.1) is 6.04 Å². The number of amides is 1. The number of hydrogen-bond donors (Lipinski definition) is 1. The second-order valence-corrected chi connectivity index (χ2v) is 9.74. The van der Waals surface area contributed by atoms with Crippen molar-refractivity contribution < 1.29 is 9.53 Å². The van der Waals surface area contributed by atoms with Crippen molar-refractivity contribution in [1.29, 1.82) is 0 Å². The Kier molecular flexibility index (Phi) is 8.21. The predicted molar refractivity (Wildman–Crippen MR) is 142 cm³/mol. The van der Waals surface area contributed by atoms with Crippen LogP contribution in [0.15, 0.2) is 72.8 Å². The van der Waals surface area contributed by atoms with Crippen LogP contribution in [0, 0.1) is 6.92 Å². The first-order valence-corrected chi connectivity index (χ1v) is 12.5. The first-order valence-electron chi connectivity index (χ1n) is 12.5. The third kappa shape index (κ3) is 6.50. The van der Waals surface area contributed by atoms with Gasteiger partial charge in [0.1, 0.15) is 5.75 Å². The lowest BCUT2D eigenvalue weighted by molar-refractivity contribution is -0.127. The fraction of sp³-hybridized carbons (Fsp3) is 0.367. The smallest absolute Gasteiger partial charge is 0.260 e. The maximum absolute atomic E-state index is 12.5. The Bertz CT molecular complexity index is 1130. The van der Waals surface area contributed by atoms with E-state index in [2.05, 4.69) is 83.9 Å². The summed E-state index contributed by atoms with van der Waals surface area (Å²) in [6, 6.07) is 25.9. The Hall–Kier alpha value is -3.15. The molecule has 0 radical (unpaired) electrons. The summed E-state index contributed by atoms with van der Waals surface area (Å²) < 4.78 is 6.11. The third-order valence-electron chi connectivity index (χ3n) is 6.57. The van der Waals surface area contributed by atoms with Gasteiger partial charge in [0.25, 0.3) is 5.91 Å². The number of carbonyl (C=O) groups excluding carboxylic acids is 1. The normalized spacial score (nSPS) is 16.5. The number of nitrogens with zero attached hydrogens (tertiary/aromatic N) is 2. The van der Waals surface area contributed by atoms with Crippen LogP contribution in [0.25, 0.3) is 0 Å². The molecule has 0 spiro atoms. The van der Waals surface area contributed by atoms with Crippen LogP contribution in [-0.2, 0) is 17.8 Å². The average Bonchev–Trinajstić information content (AvgIpc) is 2.84. The van der Waals surface area contributed by atoms with Gasteiger partial charge in [-0.15, -0.1) is 0 Å². The minimum absolute atomic E-state index is 0.0924. The van der Waals surface area contributed by atoms with Crippen molar-refractivity contribution in [3.05, 3.63) is 101 Å². The molecule has 0 aliphatic carbocycles. The Morgan fingerprint density at radius 3 is 2.63 bits per heavy atom. The SMILES string of the molecule is Cc1cccc(CN2CCc3ccc(O[C@@H](C)C(=O)NCCN(C)C)cc3[C@H]2c2ccccc2)c1. The van der Waals surface area contributed by atoms with E-state index < -0.39 is 6.10 Å². The van der Waals surface area contributed by atoms with Crippen LogP contribution < -0.4 is 10.1 Å². The largest absolute Gasteiger partial charge is 0.481 e. The first kappa shape index (κ1) is 25.0. The standard InChI is InChI=1S/C30H37N3O2/c1-22-9-8-10-24(19-22)21-33-17-15-25-13-14-27(35-23(2)30(34)31-16-18-32(3)4)20-28(25)29(33)26-11-6-5-7-12-26/h5-14,19-20,23,29H,15-18,21H2,1-4H3,(H,31,34)/t23-,29+/m0/s1. The summed E-state index contributed by atoms with van der Waals surface area (Å²) in [5, 5.41) is 2.96. The minimum atomic E-state index is -0.558. The van der Waals surface area contributed by atoms with Crippen LogP contribution in [0.1, 0.15) is 40.8 Å². The third-order valence-corrected chi connectivity index (χ3v) is 6.57. The highest BCUT2D eigenvalue weighted by atomic mass is 16.5. The monoisotopic (exact) mass is 471 g/mol. The molecule has 5 heteroatoms. The van der Waals surface area contributed by atoms with Crippen LogP contribution >= 0.6 is 0 Å². The van der Waals surface area contributed by atoms with E-state index in [9.17, 15) is 4.79 Å². The fourth-order valence-electron chi connectivity index (χ4n) is 4.76. The van der Waals surface area contributed by atoms with Crippen LogP contribution in [0.5, 0.6) is 5.75 Å². The van der Waals surface area contributed by atoms with Crippen molar-refractivity contribution in [2.24, 2.45) is 0 Å². The van der Waals surface area contributed by atoms with Crippen LogP contribution in [0.4, 0.5) is 0 Å². The highest BCUT2D eigenvalue weighted by Gasteiger charge is 2.29. The zero-order chi connectivity index (χ0) is 24.8. The van der Waals surface area contributed by atoms with Crippen molar-refractivity contribution in [3.8, 4) is 5.75 Å². The number of fused-ring (bicyclic) bond motifs is 1. The number of likely N-dealkylation sites (N-methyl/N-ethyl adjacent to an activating group) is 1. The molecule has 0 saturated carbocycles. The zero-order valence-electron chi connectivity index (χ0n) is 21.3. The van der Waals surface area contributed by atoms with E-state index in [4.69, 9.17) is 4.74 Å². The molecule has 1 heterocycles. The van der Waals surface area contributed by atoms with Gasteiger partial charge in [0.15, 0.2) is 6.10 Å². The van der Waals surface area contributed by atoms with Gasteiger partial charge >= 0.3 is 0 Å². The molecular formula is C30H37N3O2. The van der Waals surface area contributed by atoms with Gasteiger partial charge in [0.2, 0.25) is 0 Å². The molecule has 0 bridgehead atoms. The second kappa shape index (κ2) is 11.5. The summed E-state index contributed by atoms with van der Waals surface area (Å²) in [7, 11) is 3.98. The van der Waals surface area contributed by atoms with Gasteiger partial charge in [0, 0.05) is 26.2 Å². The molecule has 0 fully saturated rings. The van der Waals surface area contributed by atoms with Gasteiger partial charge in [-0.05, 0) is 68.8 Å². The van der Waals surface area contributed by atoms with E-state index in [1.165, 1.54) is 27.8 Å². The van der Waals surface area contributed by atoms with E-state index in [-0.39, 0.29) is 11.9 Å². The van der Waals surface area contributed by atoms with Gasteiger partial charge in [-0.2, -0.15) is 0 Å². The molecule has 4 rings (SSSR count). The lowest BCUT2D eigenvalue weighted by Gasteiger charge is -2.38. The molecule has 0 aromatic heterocycles. The number of rotatable bonds is 9.